The second-order valence-corrected chi connectivity index (χ2v) is 8.16. The standard InChI is InChI=1S/C23H26N6O/c1-4-12-29-18(13-23(2,3)27-22(30)15-8-7-11-25-14-15)19-16-9-5-6-10-17(16)26-21(24)20(19)28-29/h5-11,14H,4,12-13H2,1-3H3,(H2,24,26)(H,27,30). The number of aromatic nitrogens is 4. The predicted octanol–water partition coefficient (Wildman–Crippen LogP) is 3.72. The van der Waals surface area contributed by atoms with Gasteiger partial charge >= 0.3 is 0 Å². The SMILES string of the molecule is CCCn1nc2c(N)nc3ccccc3c2c1CC(C)(C)NC(=O)c1cccnc1. The van der Waals surface area contributed by atoms with Gasteiger partial charge in [-0.25, -0.2) is 4.98 Å². The third-order valence-electron chi connectivity index (χ3n) is 5.14. The van der Waals surface area contributed by atoms with Crippen molar-refractivity contribution in [1.29, 1.82) is 0 Å². The number of amides is 1. The van der Waals surface area contributed by atoms with Gasteiger partial charge < -0.3 is 11.1 Å². The molecule has 7 heteroatoms. The number of carbonyl (C=O) groups is 1. The minimum atomic E-state index is -0.509. The largest absolute Gasteiger partial charge is 0.382 e. The molecule has 4 rings (SSSR count). The zero-order valence-electron chi connectivity index (χ0n) is 17.5. The monoisotopic (exact) mass is 402 g/mol. The molecule has 3 heterocycles. The highest BCUT2D eigenvalue weighted by Crippen LogP contribution is 2.32. The Morgan fingerprint density at radius 1 is 1.20 bits per heavy atom. The molecule has 3 aromatic heterocycles. The summed E-state index contributed by atoms with van der Waals surface area (Å²) in [6.45, 7) is 6.92. The van der Waals surface area contributed by atoms with Gasteiger partial charge in [0, 0.05) is 47.4 Å². The fourth-order valence-corrected chi connectivity index (χ4v) is 3.84. The highest BCUT2D eigenvalue weighted by Gasteiger charge is 2.27. The molecule has 0 radical (unpaired) electrons. The number of rotatable bonds is 6. The maximum Gasteiger partial charge on any atom is 0.253 e. The summed E-state index contributed by atoms with van der Waals surface area (Å²) >= 11 is 0. The summed E-state index contributed by atoms with van der Waals surface area (Å²) < 4.78 is 2.01. The molecule has 3 N–H and O–H groups in total. The summed E-state index contributed by atoms with van der Waals surface area (Å²) in [5.41, 5.74) is 8.89. The molecule has 1 aromatic carbocycles. The van der Waals surface area contributed by atoms with Gasteiger partial charge in [0.1, 0.15) is 5.52 Å². The summed E-state index contributed by atoms with van der Waals surface area (Å²) in [6.07, 6.45) is 4.76. The van der Waals surface area contributed by atoms with Crippen molar-refractivity contribution in [2.24, 2.45) is 0 Å². The van der Waals surface area contributed by atoms with Gasteiger partial charge in [-0.2, -0.15) is 5.10 Å². The molecule has 0 fully saturated rings. The Hall–Kier alpha value is -3.48. The Balaban J connectivity index is 1.78. The van der Waals surface area contributed by atoms with Crippen LogP contribution in [0.15, 0.2) is 48.8 Å². The highest BCUT2D eigenvalue weighted by atomic mass is 16.1. The van der Waals surface area contributed by atoms with Gasteiger partial charge in [-0.15, -0.1) is 0 Å². The number of nitrogen functional groups attached to an aromatic ring is 1. The molecule has 4 aromatic rings. The lowest BCUT2D eigenvalue weighted by Crippen LogP contribution is -2.45. The third kappa shape index (κ3) is 3.70. The topological polar surface area (TPSA) is 98.7 Å². The molecule has 0 unspecified atom stereocenters. The number of fused-ring (bicyclic) bond motifs is 3. The smallest absolute Gasteiger partial charge is 0.253 e. The molecule has 0 atom stereocenters. The summed E-state index contributed by atoms with van der Waals surface area (Å²) in [5.74, 6) is 0.280. The first-order chi connectivity index (χ1) is 14.4. The quantitative estimate of drug-likeness (QED) is 0.512. The second kappa shape index (κ2) is 7.74. The molecule has 0 aliphatic rings. The third-order valence-corrected chi connectivity index (χ3v) is 5.14. The number of carbonyl (C=O) groups excluding carboxylic acids is 1. The van der Waals surface area contributed by atoms with Crippen molar-refractivity contribution in [1.82, 2.24) is 25.1 Å². The van der Waals surface area contributed by atoms with E-state index in [1.807, 2.05) is 42.8 Å². The molecule has 154 valence electrons. The first-order valence-corrected chi connectivity index (χ1v) is 10.2. The summed E-state index contributed by atoms with van der Waals surface area (Å²) in [6, 6.07) is 11.5. The number of pyridine rings is 2. The molecule has 1 amide bonds. The lowest BCUT2D eigenvalue weighted by Gasteiger charge is -2.27. The Labute approximate surface area is 175 Å². The number of anilines is 1. The van der Waals surface area contributed by atoms with Crippen molar-refractivity contribution >= 4 is 33.5 Å². The van der Waals surface area contributed by atoms with E-state index in [9.17, 15) is 4.79 Å². The van der Waals surface area contributed by atoms with Gasteiger partial charge in [0.15, 0.2) is 5.82 Å². The van der Waals surface area contributed by atoms with E-state index in [0.717, 1.165) is 34.9 Å². The minimum absolute atomic E-state index is 0.148. The number of para-hydroxylation sites is 1. The summed E-state index contributed by atoms with van der Waals surface area (Å²) in [7, 11) is 0. The van der Waals surface area contributed by atoms with Gasteiger partial charge in [0.2, 0.25) is 0 Å². The number of nitrogens with one attached hydrogen (secondary N) is 1. The van der Waals surface area contributed by atoms with Crippen LogP contribution in [0.2, 0.25) is 0 Å². The van der Waals surface area contributed by atoms with Gasteiger partial charge in [0.25, 0.3) is 5.91 Å². The molecule has 0 aliphatic heterocycles. The van der Waals surface area contributed by atoms with Crippen molar-refractivity contribution in [2.75, 3.05) is 5.73 Å². The Morgan fingerprint density at radius 3 is 2.73 bits per heavy atom. The lowest BCUT2D eigenvalue weighted by molar-refractivity contribution is 0.0912. The fraction of sp³-hybridized carbons (Fsp3) is 0.304. The molecular formula is C23H26N6O. The molecule has 0 spiro atoms. The van der Waals surface area contributed by atoms with E-state index in [0.29, 0.717) is 23.3 Å². The molecule has 0 saturated heterocycles. The molecule has 30 heavy (non-hydrogen) atoms. The van der Waals surface area contributed by atoms with E-state index < -0.39 is 5.54 Å². The normalized spacial score (nSPS) is 11.8. The van der Waals surface area contributed by atoms with Crippen molar-refractivity contribution < 1.29 is 4.79 Å². The average molecular weight is 403 g/mol. The van der Waals surface area contributed by atoms with E-state index in [-0.39, 0.29) is 5.91 Å². The van der Waals surface area contributed by atoms with E-state index in [1.54, 1.807) is 24.5 Å². The maximum absolute atomic E-state index is 12.7. The van der Waals surface area contributed by atoms with Crippen LogP contribution in [-0.4, -0.2) is 31.2 Å². The van der Waals surface area contributed by atoms with Crippen LogP contribution in [-0.2, 0) is 13.0 Å². The first kappa shape index (κ1) is 19.8. The number of nitrogens with two attached hydrogens (primary N) is 1. The zero-order valence-corrected chi connectivity index (χ0v) is 17.5. The fourth-order valence-electron chi connectivity index (χ4n) is 3.84. The van der Waals surface area contributed by atoms with Crippen LogP contribution in [0, 0.1) is 0 Å². The van der Waals surface area contributed by atoms with E-state index >= 15 is 0 Å². The molecule has 7 nitrogen and oxygen atoms in total. The highest BCUT2D eigenvalue weighted by molar-refractivity contribution is 6.09. The predicted molar refractivity (Wildman–Crippen MR) is 119 cm³/mol. The van der Waals surface area contributed by atoms with E-state index in [2.05, 4.69) is 22.2 Å². The number of hydrogen-bond acceptors (Lipinski definition) is 5. The van der Waals surface area contributed by atoms with Crippen LogP contribution in [0.25, 0.3) is 21.8 Å². The Bertz CT molecular complexity index is 1210. The summed E-state index contributed by atoms with van der Waals surface area (Å²) in [4.78, 5) is 21.3. The van der Waals surface area contributed by atoms with Crippen molar-refractivity contribution in [3.8, 4) is 0 Å². The van der Waals surface area contributed by atoms with Crippen LogP contribution < -0.4 is 11.1 Å². The van der Waals surface area contributed by atoms with Gasteiger partial charge in [-0.3, -0.25) is 14.5 Å². The summed E-state index contributed by atoms with van der Waals surface area (Å²) in [5, 5.41) is 9.95. The minimum Gasteiger partial charge on any atom is -0.382 e. The number of aryl methyl sites for hydroxylation is 1. The van der Waals surface area contributed by atoms with Crippen molar-refractivity contribution in [3.05, 3.63) is 60.0 Å². The molecule has 0 bridgehead atoms. The van der Waals surface area contributed by atoms with Crippen LogP contribution in [0.3, 0.4) is 0 Å². The van der Waals surface area contributed by atoms with Crippen LogP contribution >= 0.6 is 0 Å². The zero-order chi connectivity index (χ0) is 21.3. The van der Waals surface area contributed by atoms with Gasteiger partial charge in [-0.1, -0.05) is 25.1 Å². The number of nitrogens with zero attached hydrogens (tertiary/aromatic N) is 4. The van der Waals surface area contributed by atoms with E-state index in [4.69, 9.17) is 10.8 Å². The average Bonchev–Trinajstić information content (AvgIpc) is 3.07. The van der Waals surface area contributed by atoms with Crippen LogP contribution in [0.1, 0.15) is 43.2 Å². The first-order valence-electron chi connectivity index (χ1n) is 10.2. The second-order valence-electron chi connectivity index (χ2n) is 8.16. The molecule has 0 saturated carbocycles. The Kier molecular flexibility index (Phi) is 5.11. The Morgan fingerprint density at radius 2 is 2.00 bits per heavy atom. The molecule has 0 aliphatic carbocycles. The van der Waals surface area contributed by atoms with Crippen LogP contribution in [0.4, 0.5) is 5.82 Å². The van der Waals surface area contributed by atoms with Crippen molar-refractivity contribution in [3.63, 3.8) is 0 Å². The van der Waals surface area contributed by atoms with Gasteiger partial charge in [0.05, 0.1) is 11.1 Å². The molecular weight excluding hydrogens is 376 g/mol. The number of hydrogen-bond donors (Lipinski definition) is 2. The van der Waals surface area contributed by atoms with Gasteiger partial charge in [-0.05, 0) is 38.5 Å². The number of benzene rings is 1. The maximum atomic E-state index is 12.7. The van der Waals surface area contributed by atoms with Crippen molar-refractivity contribution in [2.45, 2.75) is 45.7 Å². The van der Waals surface area contributed by atoms with Crippen LogP contribution in [0.5, 0.6) is 0 Å². The van der Waals surface area contributed by atoms with E-state index in [1.165, 1.54) is 0 Å². The lowest BCUT2D eigenvalue weighted by atomic mass is 9.94.